The van der Waals surface area contributed by atoms with Crippen molar-refractivity contribution in [1.82, 2.24) is 19.5 Å². The number of benzene rings is 1. The third-order valence-electron chi connectivity index (χ3n) is 2.70. The molecule has 2 heterocycles. The van der Waals surface area contributed by atoms with E-state index in [1.54, 1.807) is 25.7 Å². The highest BCUT2D eigenvalue weighted by atomic mass is 16.5. The fourth-order valence-electron chi connectivity index (χ4n) is 1.82. The van der Waals surface area contributed by atoms with Crippen LogP contribution < -0.4 is 4.74 Å². The van der Waals surface area contributed by atoms with Crippen LogP contribution >= 0.6 is 0 Å². The smallest absolute Gasteiger partial charge is 0.180 e. The van der Waals surface area contributed by atoms with Gasteiger partial charge in [-0.3, -0.25) is 4.57 Å². The zero-order valence-corrected chi connectivity index (χ0v) is 9.87. The molecule has 1 N–H and O–H groups in total. The molecular weight excluding hydrogens is 228 g/mol. The van der Waals surface area contributed by atoms with Crippen molar-refractivity contribution >= 4 is 0 Å². The fraction of sp³-hybridized carbons (Fsp3) is 0.0769. The van der Waals surface area contributed by atoms with Gasteiger partial charge in [0.25, 0.3) is 0 Å². The molecule has 2 aromatic heterocycles. The Kier molecular flexibility index (Phi) is 2.57. The molecule has 5 heteroatoms. The van der Waals surface area contributed by atoms with Crippen LogP contribution in [0.25, 0.3) is 17.3 Å². The van der Waals surface area contributed by atoms with Crippen molar-refractivity contribution in [2.45, 2.75) is 0 Å². The van der Waals surface area contributed by atoms with E-state index in [0.717, 1.165) is 23.1 Å². The zero-order valence-electron chi connectivity index (χ0n) is 9.87. The molecule has 0 saturated heterocycles. The van der Waals surface area contributed by atoms with Crippen molar-refractivity contribution < 1.29 is 4.74 Å². The van der Waals surface area contributed by atoms with Crippen molar-refractivity contribution in [2.75, 3.05) is 7.11 Å². The first-order valence-electron chi connectivity index (χ1n) is 5.56. The summed E-state index contributed by atoms with van der Waals surface area (Å²) in [5, 5.41) is 0. The molecule has 0 atom stereocenters. The number of hydrogen-bond acceptors (Lipinski definition) is 3. The fourth-order valence-corrected chi connectivity index (χ4v) is 1.82. The molecule has 5 nitrogen and oxygen atoms in total. The maximum atomic E-state index is 5.15. The Labute approximate surface area is 104 Å². The number of nitrogens with one attached hydrogen (secondary N) is 1. The quantitative estimate of drug-likeness (QED) is 0.764. The summed E-state index contributed by atoms with van der Waals surface area (Å²) >= 11 is 0. The van der Waals surface area contributed by atoms with Crippen LogP contribution in [0, 0.1) is 0 Å². The topological polar surface area (TPSA) is 55.7 Å². The largest absolute Gasteiger partial charge is 0.497 e. The molecule has 1 aromatic carbocycles. The van der Waals surface area contributed by atoms with Crippen LogP contribution in [0.2, 0.25) is 0 Å². The first-order chi connectivity index (χ1) is 8.88. The van der Waals surface area contributed by atoms with Gasteiger partial charge in [0, 0.05) is 30.5 Å². The average molecular weight is 240 g/mol. The Hall–Kier alpha value is -2.56. The molecule has 0 radical (unpaired) electrons. The maximum absolute atomic E-state index is 5.15. The average Bonchev–Trinajstić information content (AvgIpc) is 3.09. The third-order valence-corrected chi connectivity index (χ3v) is 2.70. The number of ether oxygens (including phenoxy) is 1. The standard InChI is InChI=1S/C13H12N4O/c1-18-11-4-2-10(3-5-11)17-9-8-16-13(17)12-14-6-7-15-12/h2-9H,1H3,(H,14,15). The molecule has 0 bridgehead atoms. The molecule has 0 fully saturated rings. The molecule has 0 amide bonds. The normalized spacial score (nSPS) is 10.5. The SMILES string of the molecule is COc1ccc(-n2ccnc2-c2ncc[nH]2)cc1. The molecule has 18 heavy (non-hydrogen) atoms. The molecule has 0 spiro atoms. The molecule has 0 aliphatic rings. The maximum Gasteiger partial charge on any atom is 0.180 e. The summed E-state index contributed by atoms with van der Waals surface area (Å²) in [4.78, 5) is 11.6. The first-order valence-corrected chi connectivity index (χ1v) is 5.56. The summed E-state index contributed by atoms with van der Waals surface area (Å²) in [5.74, 6) is 2.36. The Morgan fingerprint density at radius 2 is 1.94 bits per heavy atom. The van der Waals surface area contributed by atoms with Crippen molar-refractivity contribution in [2.24, 2.45) is 0 Å². The lowest BCUT2D eigenvalue weighted by Gasteiger charge is -2.07. The number of nitrogens with zero attached hydrogens (tertiary/aromatic N) is 3. The van der Waals surface area contributed by atoms with E-state index in [1.807, 2.05) is 35.0 Å². The van der Waals surface area contributed by atoms with Crippen molar-refractivity contribution in [3.63, 3.8) is 0 Å². The zero-order chi connectivity index (χ0) is 12.4. The minimum absolute atomic E-state index is 0.746. The number of aromatic nitrogens is 4. The van der Waals surface area contributed by atoms with Crippen LogP contribution in [0.4, 0.5) is 0 Å². The van der Waals surface area contributed by atoms with Crippen molar-refractivity contribution in [3.8, 4) is 23.1 Å². The number of imidazole rings is 2. The molecule has 0 unspecified atom stereocenters. The monoisotopic (exact) mass is 240 g/mol. The van der Waals surface area contributed by atoms with Gasteiger partial charge in [0.2, 0.25) is 0 Å². The van der Waals surface area contributed by atoms with Crippen LogP contribution in [0.5, 0.6) is 5.75 Å². The molecule has 90 valence electrons. The predicted molar refractivity (Wildman–Crippen MR) is 67.7 cm³/mol. The number of aromatic amines is 1. The van der Waals surface area contributed by atoms with Gasteiger partial charge in [0.05, 0.1) is 7.11 Å². The van der Waals surface area contributed by atoms with Gasteiger partial charge in [0.15, 0.2) is 11.6 Å². The van der Waals surface area contributed by atoms with Gasteiger partial charge in [-0.05, 0) is 24.3 Å². The van der Waals surface area contributed by atoms with Crippen LogP contribution in [0.1, 0.15) is 0 Å². The van der Waals surface area contributed by atoms with E-state index in [4.69, 9.17) is 4.74 Å². The first kappa shape index (κ1) is 10.6. The van der Waals surface area contributed by atoms with E-state index in [9.17, 15) is 0 Å². The van der Waals surface area contributed by atoms with Crippen molar-refractivity contribution in [3.05, 3.63) is 49.1 Å². The molecular formula is C13H12N4O. The van der Waals surface area contributed by atoms with Gasteiger partial charge in [-0.25, -0.2) is 9.97 Å². The number of methoxy groups -OCH3 is 1. The lowest BCUT2D eigenvalue weighted by molar-refractivity contribution is 0.415. The highest BCUT2D eigenvalue weighted by Crippen LogP contribution is 2.20. The Morgan fingerprint density at radius 1 is 1.11 bits per heavy atom. The van der Waals surface area contributed by atoms with Gasteiger partial charge >= 0.3 is 0 Å². The third kappa shape index (κ3) is 1.75. The Balaban J connectivity index is 2.04. The van der Waals surface area contributed by atoms with Gasteiger partial charge in [-0.2, -0.15) is 0 Å². The predicted octanol–water partition coefficient (Wildman–Crippen LogP) is 2.27. The van der Waals surface area contributed by atoms with E-state index in [-0.39, 0.29) is 0 Å². The Morgan fingerprint density at radius 3 is 2.61 bits per heavy atom. The van der Waals surface area contributed by atoms with Crippen LogP contribution in [0.3, 0.4) is 0 Å². The minimum atomic E-state index is 0.746. The number of H-pyrrole nitrogens is 1. The van der Waals surface area contributed by atoms with E-state index >= 15 is 0 Å². The molecule has 3 rings (SSSR count). The molecule has 0 aliphatic carbocycles. The summed E-state index contributed by atoms with van der Waals surface area (Å²) in [6.07, 6.45) is 7.15. The summed E-state index contributed by atoms with van der Waals surface area (Å²) in [5.41, 5.74) is 1.01. The minimum Gasteiger partial charge on any atom is -0.497 e. The van der Waals surface area contributed by atoms with E-state index in [0.29, 0.717) is 0 Å². The van der Waals surface area contributed by atoms with Crippen LogP contribution in [-0.2, 0) is 0 Å². The summed E-state index contributed by atoms with van der Waals surface area (Å²) in [6.45, 7) is 0. The second-order valence-corrected chi connectivity index (χ2v) is 3.76. The molecule has 3 aromatic rings. The summed E-state index contributed by atoms with van der Waals surface area (Å²) in [7, 11) is 1.65. The van der Waals surface area contributed by atoms with Crippen LogP contribution in [0.15, 0.2) is 49.1 Å². The summed E-state index contributed by atoms with van der Waals surface area (Å²) in [6, 6.07) is 7.79. The lowest BCUT2D eigenvalue weighted by Crippen LogP contribution is -1.97. The molecule has 0 aliphatic heterocycles. The van der Waals surface area contributed by atoms with E-state index in [2.05, 4.69) is 15.0 Å². The lowest BCUT2D eigenvalue weighted by atomic mass is 10.3. The van der Waals surface area contributed by atoms with Gasteiger partial charge in [-0.1, -0.05) is 0 Å². The second-order valence-electron chi connectivity index (χ2n) is 3.76. The van der Waals surface area contributed by atoms with Crippen molar-refractivity contribution in [1.29, 1.82) is 0 Å². The second kappa shape index (κ2) is 4.37. The van der Waals surface area contributed by atoms with Gasteiger partial charge < -0.3 is 9.72 Å². The Bertz CT molecular complexity index is 625. The van der Waals surface area contributed by atoms with Gasteiger partial charge in [0.1, 0.15) is 5.75 Å². The number of rotatable bonds is 3. The highest BCUT2D eigenvalue weighted by molar-refractivity contribution is 5.50. The number of hydrogen-bond donors (Lipinski definition) is 1. The van der Waals surface area contributed by atoms with E-state index < -0.39 is 0 Å². The summed E-state index contributed by atoms with van der Waals surface area (Å²) < 4.78 is 7.12. The highest BCUT2D eigenvalue weighted by Gasteiger charge is 2.09. The van der Waals surface area contributed by atoms with Gasteiger partial charge in [-0.15, -0.1) is 0 Å². The van der Waals surface area contributed by atoms with E-state index in [1.165, 1.54) is 0 Å². The molecule has 0 saturated carbocycles. The van der Waals surface area contributed by atoms with Crippen LogP contribution in [-0.4, -0.2) is 26.6 Å².